The fraction of sp³-hybridized carbons (Fsp3) is 0.160. The van der Waals surface area contributed by atoms with E-state index in [1.54, 1.807) is 16.8 Å². The van der Waals surface area contributed by atoms with E-state index in [1.165, 1.54) is 6.33 Å². The van der Waals surface area contributed by atoms with E-state index in [2.05, 4.69) is 25.2 Å². The monoisotopic (exact) mass is 469 g/mol. The van der Waals surface area contributed by atoms with Gasteiger partial charge in [-0.3, -0.25) is 4.79 Å². The maximum Gasteiger partial charge on any atom is 0.254 e. The van der Waals surface area contributed by atoms with Crippen molar-refractivity contribution in [2.45, 2.75) is 0 Å². The van der Waals surface area contributed by atoms with Gasteiger partial charge in [-0.15, -0.1) is 5.10 Å². The Morgan fingerprint density at radius 1 is 0.853 bits per heavy atom. The Morgan fingerprint density at radius 3 is 2.44 bits per heavy atom. The summed E-state index contributed by atoms with van der Waals surface area (Å²) in [5.74, 6) is 0.778. The van der Waals surface area contributed by atoms with Gasteiger partial charge >= 0.3 is 0 Å². The summed E-state index contributed by atoms with van der Waals surface area (Å²) in [6.07, 6.45) is 1.53. The fourth-order valence-electron chi connectivity index (χ4n) is 4.43. The number of amides is 1. The molecule has 0 N–H and O–H groups in total. The van der Waals surface area contributed by atoms with Gasteiger partial charge in [0.05, 0.1) is 5.69 Å². The molecule has 9 heteroatoms. The van der Waals surface area contributed by atoms with Crippen molar-refractivity contribution in [1.29, 1.82) is 0 Å². The fourth-order valence-corrected chi connectivity index (χ4v) is 4.55. The Kier molecular flexibility index (Phi) is 5.07. The van der Waals surface area contributed by atoms with Gasteiger partial charge in [0.25, 0.3) is 5.91 Å². The molecular formula is C25H20ClN7O. The first-order valence-corrected chi connectivity index (χ1v) is 11.4. The Hall–Kier alpha value is -4.04. The zero-order valence-corrected chi connectivity index (χ0v) is 18.9. The van der Waals surface area contributed by atoms with Crippen molar-refractivity contribution < 1.29 is 4.79 Å². The summed E-state index contributed by atoms with van der Waals surface area (Å²) in [7, 11) is 0. The zero-order chi connectivity index (χ0) is 23.1. The number of nitrogens with zero attached hydrogens (tertiary/aromatic N) is 7. The van der Waals surface area contributed by atoms with Gasteiger partial charge in [-0.05, 0) is 41.1 Å². The van der Waals surface area contributed by atoms with Crippen LogP contribution >= 0.6 is 11.6 Å². The standard InChI is InChI=1S/C25H20ClN7O/c26-18-8-10-19(11-9-18)33-24-22(29-30-33)23(27-16-28-24)31-12-14-32(15-13-31)25(34)21-7-3-5-17-4-1-2-6-20(17)21/h1-11,16H,12-15H2. The molecule has 2 aromatic heterocycles. The van der Waals surface area contributed by atoms with Crippen LogP contribution in [0.15, 0.2) is 73.1 Å². The second-order valence-electron chi connectivity index (χ2n) is 8.15. The minimum absolute atomic E-state index is 0.0537. The maximum absolute atomic E-state index is 13.3. The molecule has 8 nitrogen and oxygen atoms in total. The average Bonchev–Trinajstić information content (AvgIpc) is 3.33. The minimum atomic E-state index is 0.0537. The van der Waals surface area contributed by atoms with Crippen LogP contribution < -0.4 is 4.90 Å². The first-order valence-electron chi connectivity index (χ1n) is 11.0. The molecule has 0 saturated carbocycles. The van der Waals surface area contributed by atoms with Crippen LogP contribution in [0.1, 0.15) is 10.4 Å². The molecular weight excluding hydrogens is 450 g/mol. The minimum Gasteiger partial charge on any atom is -0.351 e. The van der Waals surface area contributed by atoms with E-state index in [4.69, 9.17) is 11.6 Å². The summed E-state index contributed by atoms with van der Waals surface area (Å²) in [6.45, 7) is 2.49. The molecule has 0 radical (unpaired) electrons. The van der Waals surface area contributed by atoms with Crippen LogP contribution in [0, 0.1) is 0 Å². The molecule has 3 aromatic carbocycles. The lowest BCUT2D eigenvalue weighted by Crippen LogP contribution is -2.49. The molecule has 1 aliphatic rings. The SMILES string of the molecule is O=C(c1cccc2ccccc12)N1CCN(c2ncnc3c2nnn3-c2ccc(Cl)cc2)CC1. The van der Waals surface area contributed by atoms with E-state index in [0.717, 1.165) is 27.8 Å². The number of piperazine rings is 1. The lowest BCUT2D eigenvalue weighted by molar-refractivity contribution is 0.0748. The molecule has 0 aliphatic carbocycles. The second-order valence-corrected chi connectivity index (χ2v) is 8.59. The number of hydrogen-bond acceptors (Lipinski definition) is 6. The van der Waals surface area contributed by atoms with E-state index in [1.807, 2.05) is 59.5 Å². The number of halogens is 1. The van der Waals surface area contributed by atoms with Crippen molar-refractivity contribution in [3.63, 3.8) is 0 Å². The highest BCUT2D eigenvalue weighted by Crippen LogP contribution is 2.25. The molecule has 34 heavy (non-hydrogen) atoms. The van der Waals surface area contributed by atoms with Crippen LogP contribution in [0.25, 0.3) is 27.6 Å². The molecule has 0 bridgehead atoms. The highest BCUT2D eigenvalue weighted by Gasteiger charge is 2.26. The number of benzene rings is 3. The lowest BCUT2D eigenvalue weighted by atomic mass is 10.0. The third kappa shape index (κ3) is 3.52. The van der Waals surface area contributed by atoms with E-state index in [0.29, 0.717) is 42.4 Å². The van der Waals surface area contributed by atoms with E-state index >= 15 is 0 Å². The first-order chi connectivity index (χ1) is 16.7. The lowest BCUT2D eigenvalue weighted by Gasteiger charge is -2.35. The van der Waals surface area contributed by atoms with E-state index in [9.17, 15) is 4.79 Å². The number of aromatic nitrogens is 5. The summed E-state index contributed by atoms with van der Waals surface area (Å²) in [5.41, 5.74) is 2.82. The molecule has 168 valence electrons. The molecule has 6 rings (SSSR count). The summed E-state index contributed by atoms with van der Waals surface area (Å²) >= 11 is 6.01. The predicted octanol–water partition coefficient (Wildman–Crippen LogP) is 3.98. The largest absolute Gasteiger partial charge is 0.351 e. The van der Waals surface area contributed by atoms with Crippen molar-refractivity contribution in [1.82, 2.24) is 29.9 Å². The summed E-state index contributed by atoms with van der Waals surface area (Å²) in [5, 5.41) is 11.4. The smallest absolute Gasteiger partial charge is 0.254 e. The van der Waals surface area contributed by atoms with Crippen LogP contribution in [-0.4, -0.2) is 61.9 Å². The summed E-state index contributed by atoms with van der Waals surface area (Å²) < 4.78 is 1.68. The molecule has 0 atom stereocenters. The number of carbonyl (C=O) groups is 1. The van der Waals surface area contributed by atoms with Gasteiger partial charge in [0.1, 0.15) is 6.33 Å². The third-order valence-electron chi connectivity index (χ3n) is 6.18. The van der Waals surface area contributed by atoms with Crippen molar-refractivity contribution in [2.75, 3.05) is 31.1 Å². The average molecular weight is 470 g/mol. The van der Waals surface area contributed by atoms with Crippen molar-refractivity contribution in [3.05, 3.63) is 83.6 Å². The number of anilines is 1. The van der Waals surface area contributed by atoms with Gasteiger partial charge < -0.3 is 9.80 Å². The second kappa shape index (κ2) is 8.39. The number of rotatable bonds is 3. The molecule has 0 unspecified atom stereocenters. The molecule has 3 heterocycles. The topological polar surface area (TPSA) is 80.0 Å². The van der Waals surface area contributed by atoms with Gasteiger partial charge in [-0.1, -0.05) is 53.2 Å². The van der Waals surface area contributed by atoms with Crippen molar-refractivity contribution >= 4 is 45.3 Å². The summed E-state index contributed by atoms with van der Waals surface area (Å²) in [4.78, 5) is 26.2. The molecule has 1 fully saturated rings. The van der Waals surface area contributed by atoms with Crippen LogP contribution in [0.5, 0.6) is 0 Å². The van der Waals surface area contributed by atoms with Crippen molar-refractivity contribution in [3.8, 4) is 5.69 Å². The molecule has 5 aromatic rings. The van der Waals surface area contributed by atoms with E-state index in [-0.39, 0.29) is 5.91 Å². The van der Waals surface area contributed by atoms with Gasteiger partial charge in [0.15, 0.2) is 17.0 Å². The third-order valence-corrected chi connectivity index (χ3v) is 6.43. The van der Waals surface area contributed by atoms with Crippen LogP contribution in [-0.2, 0) is 0 Å². The number of fused-ring (bicyclic) bond motifs is 2. The quantitative estimate of drug-likeness (QED) is 0.397. The summed E-state index contributed by atoms with van der Waals surface area (Å²) in [6, 6.07) is 21.2. The number of carbonyl (C=O) groups excluding carboxylic acids is 1. The normalized spacial score (nSPS) is 14.1. The Labute approximate surface area is 200 Å². The van der Waals surface area contributed by atoms with Crippen LogP contribution in [0.3, 0.4) is 0 Å². The maximum atomic E-state index is 13.3. The first kappa shape index (κ1) is 20.6. The molecule has 0 spiro atoms. The Balaban J connectivity index is 1.24. The highest BCUT2D eigenvalue weighted by atomic mass is 35.5. The van der Waals surface area contributed by atoms with Gasteiger partial charge in [-0.2, -0.15) is 4.68 Å². The highest BCUT2D eigenvalue weighted by molar-refractivity contribution is 6.30. The molecule has 1 saturated heterocycles. The van der Waals surface area contributed by atoms with E-state index < -0.39 is 0 Å². The molecule has 1 aliphatic heterocycles. The number of hydrogen-bond donors (Lipinski definition) is 0. The van der Waals surface area contributed by atoms with Gasteiger partial charge in [-0.25, -0.2) is 9.97 Å². The van der Waals surface area contributed by atoms with Gasteiger partial charge in [0.2, 0.25) is 0 Å². The molecule has 1 amide bonds. The Morgan fingerprint density at radius 2 is 1.62 bits per heavy atom. The zero-order valence-electron chi connectivity index (χ0n) is 18.2. The van der Waals surface area contributed by atoms with Crippen LogP contribution in [0.2, 0.25) is 5.02 Å². The predicted molar refractivity (Wildman–Crippen MR) is 132 cm³/mol. The van der Waals surface area contributed by atoms with Crippen LogP contribution in [0.4, 0.5) is 5.82 Å². The van der Waals surface area contributed by atoms with Crippen molar-refractivity contribution in [2.24, 2.45) is 0 Å². The van der Waals surface area contributed by atoms with Gasteiger partial charge in [0, 0.05) is 36.8 Å². The Bertz CT molecular complexity index is 1500.